The molecule has 0 aliphatic carbocycles. The van der Waals surface area contributed by atoms with Gasteiger partial charge in [0, 0.05) is 11.8 Å². The first kappa shape index (κ1) is 9.65. The lowest BCUT2D eigenvalue weighted by atomic mass is 10.0. The topological polar surface area (TPSA) is 38.9 Å². The van der Waals surface area contributed by atoms with E-state index in [2.05, 4.69) is 4.98 Å². The summed E-state index contributed by atoms with van der Waals surface area (Å²) in [6.07, 6.45) is 3.35. The molecule has 2 nitrogen and oxygen atoms in total. The fraction of sp³-hybridized carbons (Fsp3) is 0.0833. The van der Waals surface area contributed by atoms with Crippen molar-refractivity contribution in [2.24, 2.45) is 0 Å². The lowest BCUT2D eigenvalue weighted by molar-refractivity contribution is 0.628. The normalized spacial score (nSPS) is 10.3. The zero-order chi connectivity index (χ0) is 10.8. The number of nitrogens with zero attached hydrogens (tertiary/aromatic N) is 1. The van der Waals surface area contributed by atoms with Crippen LogP contribution in [0.25, 0.3) is 11.1 Å². The van der Waals surface area contributed by atoms with Crippen LogP contribution < -0.4 is 5.73 Å². The smallest absolute Gasteiger partial charge is 0.123 e. The number of halogens is 1. The van der Waals surface area contributed by atoms with Crippen LogP contribution in [0.2, 0.25) is 0 Å². The first-order valence-electron chi connectivity index (χ1n) is 4.64. The van der Waals surface area contributed by atoms with E-state index >= 15 is 0 Å². The number of pyridine rings is 1. The maximum atomic E-state index is 12.8. The van der Waals surface area contributed by atoms with Crippen LogP contribution in [0, 0.1) is 12.7 Å². The molecule has 0 fully saturated rings. The number of rotatable bonds is 1. The van der Waals surface area contributed by atoms with Crippen LogP contribution in [0.1, 0.15) is 5.56 Å². The minimum atomic E-state index is -0.246. The Kier molecular flexibility index (Phi) is 2.37. The van der Waals surface area contributed by atoms with E-state index in [1.165, 1.54) is 12.1 Å². The summed E-state index contributed by atoms with van der Waals surface area (Å²) in [6.45, 7) is 1.93. The maximum absolute atomic E-state index is 12.8. The zero-order valence-corrected chi connectivity index (χ0v) is 8.37. The van der Waals surface area contributed by atoms with Gasteiger partial charge in [-0.1, -0.05) is 12.1 Å². The molecule has 76 valence electrons. The number of hydrogen-bond donors (Lipinski definition) is 1. The summed E-state index contributed by atoms with van der Waals surface area (Å²) in [7, 11) is 0. The summed E-state index contributed by atoms with van der Waals surface area (Å²) < 4.78 is 12.8. The summed E-state index contributed by atoms with van der Waals surface area (Å²) in [5.74, 6) is -0.246. The summed E-state index contributed by atoms with van der Waals surface area (Å²) in [6, 6.07) is 6.28. The molecule has 0 atom stereocenters. The van der Waals surface area contributed by atoms with Crippen molar-refractivity contribution in [3.63, 3.8) is 0 Å². The Morgan fingerprint density at radius 2 is 1.80 bits per heavy atom. The maximum Gasteiger partial charge on any atom is 0.123 e. The first-order valence-corrected chi connectivity index (χ1v) is 4.64. The lowest BCUT2D eigenvalue weighted by Gasteiger charge is -2.08. The van der Waals surface area contributed by atoms with Crippen molar-refractivity contribution in [3.05, 3.63) is 48.0 Å². The predicted molar refractivity (Wildman–Crippen MR) is 58.8 cm³/mol. The number of aryl methyl sites for hydroxylation is 1. The van der Waals surface area contributed by atoms with Gasteiger partial charge < -0.3 is 5.73 Å². The molecule has 1 aromatic carbocycles. The molecular weight excluding hydrogens is 191 g/mol. The molecule has 1 aromatic heterocycles. The van der Waals surface area contributed by atoms with E-state index in [-0.39, 0.29) is 5.82 Å². The van der Waals surface area contributed by atoms with E-state index in [9.17, 15) is 4.39 Å². The van der Waals surface area contributed by atoms with Gasteiger partial charge in [-0.05, 0) is 30.2 Å². The highest BCUT2D eigenvalue weighted by Gasteiger charge is 2.05. The van der Waals surface area contributed by atoms with Crippen LogP contribution >= 0.6 is 0 Å². The SMILES string of the molecule is Cc1cncc(N)c1-c1ccc(F)cc1. The van der Waals surface area contributed by atoms with E-state index < -0.39 is 0 Å². The van der Waals surface area contributed by atoms with Crippen LogP contribution in [0.5, 0.6) is 0 Å². The van der Waals surface area contributed by atoms with Crippen molar-refractivity contribution >= 4 is 5.69 Å². The third-order valence-corrected chi connectivity index (χ3v) is 2.30. The molecule has 2 aromatic rings. The number of benzene rings is 1. The minimum Gasteiger partial charge on any atom is -0.397 e. The van der Waals surface area contributed by atoms with Gasteiger partial charge in [-0.15, -0.1) is 0 Å². The van der Waals surface area contributed by atoms with Crippen molar-refractivity contribution in [3.8, 4) is 11.1 Å². The highest BCUT2D eigenvalue weighted by Crippen LogP contribution is 2.28. The Morgan fingerprint density at radius 1 is 1.13 bits per heavy atom. The molecule has 3 heteroatoms. The Hall–Kier alpha value is -1.90. The molecule has 2 rings (SSSR count). The number of anilines is 1. The largest absolute Gasteiger partial charge is 0.397 e. The molecule has 2 N–H and O–H groups in total. The molecule has 0 amide bonds. The molecular formula is C12H11FN2. The Labute approximate surface area is 87.6 Å². The summed E-state index contributed by atoms with van der Waals surface area (Å²) in [5.41, 5.74) is 9.27. The van der Waals surface area contributed by atoms with E-state index in [0.717, 1.165) is 16.7 Å². The molecule has 0 aliphatic rings. The standard InChI is InChI=1S/C12H11FN2/c1-8-6-15-7-11(14)12(8)9-2-4-10(13)5-3-9/h2-7H,14H2,1H3. The van der Waals surface area contributed by atoms with Gasteiger partial charge in [0.15, 0.2) is 0 Å². The van der Waals surface area contributed by atoms with E-state index in [0.29, 0.717) is 5.69 Å². The third-order valence-electron chi connectivity index (χ3n) is 2.30. The molecule has 15 heavy (non-hydrogen) atoms. The molecule has 0 saturated carbocycles. The predicted octanol–water partition coefficient (Wildman–Crippen LogP) is 2.78. The zero-order valence-electron chi connectivity index (χ0n) is 8.37. The number of hydrogen-bond acceptors (Lipinski definition) is 2. The van der Waals surface area contributed by atoms with Crippen LogP contribution in [0.15, 0.2) is 36.7 Å². The van der Waals surface area contributed by atoms with Gasteiger partial charge in [0.05, 0.1) is 11.9 Å². The average Bonchev–Trinajstić information content (AvgIpc) is 2.20. The van der Waals surface area contributed by atoms with Crippen LogP contribution in [-0.4, -0.2) is 4.98 Å². The number of aromatic nitrogens is 1. The first-order chi connectivity index (χ1) is 7.18. The van der Waals surface area contributed by atoms with Crippen LogP contribution in [0.3, 0.4) is 0 Å². The van der Waals surface area contributed by atoms with Crippen molar-refractivity contribution < 1.29 is 4.39 Å². The number of nitrogen functional groups attached to an aromatic ring is 1. The highest BCUT2D eigenvalue weighted by atomic mass is 19.1. The molecule has 0 bridgehead atoms. The molecule has 0 saturated heterocycles. The second kappa shape index (κ2) is 3.69. The molecule has 0 unspecified atom stereocenters. The highest BCUT2D eigenvalue weighted by molar-refractivity contribution is 5.78. The second-order valence-corrected chi connectivity index (χ2v) is 3.43. The van der Waals surface area contributed by atoms with Gasteiger partial charge in [0.25, 0.3) is 0 Å². The van der Waals surface area contributed by atoms with Crippen molar-refractivity contribution in [1.29, 1.82) is 0 Å². The molecule has 0 aliphatic heterocycles. The molecule has 0 spiro atoms. The van der Waals surface area contributed by atoms with E-state index in [1.807, 2.05) is 6.92 Å². The molecule has 1 heterocycles. The van der Waals surface area contributed by atoms with Crippen molar-refractivity contribution in [2.45, 2.75) is 6.92 Å². The van der Waals surface area contributed by atoms with Crippen molar-refractivity contribution in [1.82, 2.24) is 4.98 Å². The van der Waals surface area contributed by atoms with Gasteiger partial charge in [-0.2, -0.15) is 0 Å². The summed E-state index contributed by atoms with van der Waals surface area (Å²) in [5, 5.41) is 0. The van der Waals surface area contributed by atoms with Crippen molar-refractivity contribution in [2.75, 3.05) is 5.73 Å². The van der Waals surface area contributed by atoms with Gasteiger partial charge in [-0.3, -0.25) is 4.98 Å². The van der Waals surface area contributed by atoms with E-state index in [1.54, 1.807) is 24.5 Å². The Bertz CT molecular complexity index is 457. The third kappa shape index (κ3) is 1.81. The molecule has 0 radical (unpaired) electrons. The Morgan fingerprint density at radius 3 is 2.40 bits per heavy atom. The summed E-state index contributed by atoms with van der Waals surface area (Å²) >= 11 is 0. The van der Waals surface area contributed by atoms with Gasteiger partial charge in [0.1, 0.15) is 5.82 Å². The quantitative estimate of drug-likeness (QED) is 0.772. The second-order valence-electron chi connectivity index (χ2n) is 3.43. The van der Waals surface area contributed by atoms with E-state index in [4.69, 9.17) is 5.73 Å². The van der Waals surface area contributed by atoms with Crippen LogP contribution in [-0.2, 0) is 0 Å². The average molecular weight is 202 g/mol. The van der Waals surface area contributed by atoms with Crippen LogP contribution in [0.4, 0.5) is 10.1 Å². The lowest BCUT2D eigenvalue weighted by Crippen LogP contribution is -1.94. The monoisotopic (exact) mass is 202 g/mol. The van der Waals surface area contributed by atoms with Gasteiger partial charge in [0.2, 0.25) is 0 Å². The number of nitrogens with two attached hydrogens (primary N) is 1. The van der Waals surface area contributed by atoms with Gasteiger partial charge in [-0.25, -0.2) is 4.39 Å². The summed E-state index contributed by atoms with van der Waals surface area (Å²) in [4.78, 5) is 3.99. The van der Waals surface area contributed by atoms with Gasteiger partial charge >= 0.3 is 0 Å². The fourth-order valence-electron chi connectivity index (χ4n) is 1.60. The minimum absolute atomic E-state index is 0.246. The Balaban J connectivity index is 2.58. The fourth-order valence-corrected chi connectivity index (χ4v) is 1.60.